The lowest BCUT2D eigenvalue weighted by Gasteiger charge is -2.33. The first kappa shape index (κ1) is 22.4. The Morgan fingerprint density at radius 2 is 0.967 bits per heavy atom. The molecule has 4 radical (unpaired) electrons. The summed E-state index contributed by atoms with van der Waals surface area (Å²) in [5.74, 6) is 0. The minimum Gasteiger partial charge on any atom is -0.388 e. The van der Waals surface area contributed by atoms with Crippen LogP contribution in [0.4, 0.5) is 0 Å². The Morgan fingerprint density at radius 3 is 1.40 bits per heavy atom. The van der Waals surface area contributed by atoms with Gasteiger partial charge >= 0.3 is 8.56 Å². The third-order valence-electron chi connectivity index (χ3n) is 5.31. The lowest BCUT2D eigenvalue weighted by Crippen LogP contribution is -2.64. The van der Waals surface area contributed by atoms with E-state index in [0.717, 1.165) is 12.8 Å². The molecule has 0 saturated heterocycles. The molecule has 0 saturated carbocycles. The Labute approximate surface area is 185 Å². The van der Waals surface area contributed by atoms with Crippen LogP contribution in [-0.2, 0) is 8.85 Å². The van der Waals surface area contributed by atoms with Gasteiger partial charge in [0.05, 0.1) is 0 Å². The fraction of sp³-hybridized carbons (Fsp3) is 0.231. The molecule has 152 valence electrons. The summed E-state index contributed by atoms with van der Waals surface area (Å²) < 4.78 is 13.6. The highest BCUT2D eigenvalue weighted by molar-refractivity contribution is 6.95. The Morgan fingerprint density at radius 1 is 0.567 bits per heavy atom. The maximum absolute atomic E-state index is 6.79. The van der Waals surface area contributed by atoms with Gasteiger partial charge in [-0.2, -0.15) is 0 Å². The van der Waals surface area contributed by atoms with E-state index in [2.05, 4.69) is 98.8 Å². The molecule has 0 bridgehead atoms. The van der Waals surface area contributed by atoms with E-state index < -0.39 is 8.56 Å². The molecule has 4 heteroatoms. The second-order valence-corrected chi connectivity index (χ2v) is 10.3. The topological polar surface area (TPSA) is 18.5 Å². The number of hydrogen-bond acceptors (Lipinski definition) is 2. The summed E-state index contributed by atoms with van der Waals surface area (Å²) in [6, 6.07) is 30.1. The van der Waals surface area contributed by atoms with Crippen LogP contribution in [0, 0.1) is 0 Å². The van der Waals surface area contributed by atoms with Crippen LogP contribution in [0.5, 0.6) is 0 Å². The van der Waals surface area contributed by atoms with Gasteiger partial charge in [-0.3, -0.25) is 0 Å². The van der Waals surface area contributed by atoms with E-state index in [1.807, 2.05) is 0 Å². The summed E-state index contributed by atoms with van der Waals surface area (Å²) in [6.45, 7) is 5.68. The van der Waals surface area contributed by atoms with Crippen LogP contribution in [-0.4, -0.2) is 32.7 Å². The summed E-state index contributed by atoms with van der Waals surface area (Å²) >= 11 is 0. The van der Waals surface area contributed by atoms with Gasteiger partial charge in [-0.05, 0) is 34.4 Å². The quantitative estimate of drug-likeness (QED) is 0.367. The van der Waals surface area contributed by atoms with E-state index in [-0.39, 0.29) is 11.0 Å². The lowest BCUT2D eigenvalue weighted by molar-refractivity contribution is 0.192. The van der Waals surface area contributed by atoms with Crippen molar-refractivity contribution in [2.24, 2.45) is 0 Å². The van der Waals surface area contributed by atoms with Crippen molar-refractivity contribution in [3.63, 3.8) is 0 Å². The Balaban J connectivity index is 0.00000256. The first-order valence-electron chi connectivity index (χ1n) is 10.5. The maximum atomic E-state index is 6.79. The van der Waals surface area contributed by atoms with Crippen LogP contribution >= 0.6 is 0 Å². The third kappa shape index (κ3) is 4.14. The Bertz CT molecular complexity index is 1010. The number of fused-ring (bicyclic) bond motifs is 2. The molecule has 0 aliphatic heterocycles. The molecule has 0 N–H and O–H groups in total. The van der Waals surface area contributed by atoms with Crippen LogP contribution in [0.15, 0.2) is 84.9 Å². The van der Waals surface area contributed by atoms with Crippen molar-refractivity contribution in [3.05, 3.63) is 84.9 Å². The molecule has 0 atom stereocenters. The fourth-order valence-electron chi connectivity index (χ4n) is 4.01. The highest BCUT2D eigenvalue weighted by atomic mass is 28.4. The molecule has 0 unspecified atom stereocenters. The molecule has 4 rings (SSSR count). The molecule has 0 aliphatic rings. The lowest BCUT2D eigenvalue weighted by atomic mass is 10.1. The molecular weight excluding hydrogens is 400 g/mol. The highest BCUT2D eigenvalue weighted by Crippen LogP contribution is 2.22. The van der Waals surface area contributed by atoms with Gasteiger partial charge in [0, 0.05) is 34.6 Å². The first-order chi connectivity index (χ1) is 14.3. The number of hydrogen-bond donors (Lipinski definition) is 0. The molecule has 0 aliphatic carbocycles. The Hall–Kier alpha value is -2.25. The average molecular weight is 429 g/mol. The molecule has 0 aromatic heterocycles. The predicted molar refractivity (Wildman–Crippen MR) is 131 cm³/mol. The summed E-state index contributed by atoms with van der Waals surface area (Å²) in [7, 11) is -2.92. The predicted octanol–water partition coefficient (Wildman–Crippen LogP) is 5.02. The van der Waals surface area contributed by atoms with E-state index in [9.17, 15) is 0 Å². The molecule has 4 aromatic rings. The van der Waals surface area contributed by atoms with Crippen molar-refractivity contribution in [2.75, 3.05) is 13.2 Å². The van der Waals surface area contributed by atoms with Crippen molar-refractivity contribution in [3.8, 4) is 0 Å². The van der Waals surface area contributed by atoms with Crippen molar-refractivity contribution in [2.45, 2.75) is 26.7 Å². The highest BCUT2D eigenvalue weighted by Gasteiger charge is 2.44. The summed E-state index contributed by atoms with van der Waals surface area (Å²) in [5, 5.41) is 7.30. The molecule has 30 heavy (non-hydrogen) atoms. The van der Waals surface area contributed by atoms with Crippen LogP contribution in [0.1, 0.15) is 26.7 Å². The monoisotopic (exact) mass is 428 g/mol. The van der Waals surface area contributed by atoms with E-state index in [4.69, 9.17) is 8.85 Å². The molecule has 0 spiro atoms. The second-order valence-electron chi connectivity index (χ2n) is 7.37. The van der Waals surface area contributed by atoms with Crippen molar-refractivity contribution >= 4 is 51.4 Å². The number of benzene rings is 4. The Kier molecular flexibility index (Phi) is 7.61. The van der Waals surface area contributed by atoms with Gasteiger partial charge in [0.2, 0.25) is 0 Å². The summed E-state index contributed by atoms with van der Waals surface area (Å²) in [6.07, 6.45) is 1.92. The van der Waals surface area contributed by atoms with Gasteiger partial charge in [0.15, 0.2) is 0 Å². The van der Waals surface area contributed by atoms with Gasteiger partial charge < -0.3 is 8.85 Å². The summed E-state index contributed by atoms with van der Waals surface area (Å²) in [4.78, 5) is 0. The van der Waals surface area contributed by atoms with Gasteiger partial charge in [0.1, 0.15) is 0 Å². The first-order valence-corrected chi connectivity index (χ1v) is 12.4. The van der Waals surface area contributed by atoms with Gasteiger partial charge in [-0.15, -0.1) is 0 Å². The van der Waals surface area contributed by atoms with Crippen LogP contribution in [0.3, 0.4) is 0 Å². The van der Waals surface area contributed by atoms with E-state index in [1.54, 1.807) is 0 Å². The van der Waals surface area contributed by atoms with Gasteiger partial charge in [-0.1, -0.05) is 98.8 Å². The van der Waals surface area contributed by atoms with Crippen molar-refractivity contribution in [1.29, 1.82) is 0 Å². The van der Waals surface area contributed by atoms with Crippen molar-refractivity contribution in [1.82, 2.24) is 0 Å². The third-order valence-corrected chi connectivity index (χ3v) is 8.82. The maximum Gasteiger partial charge on any atom is 0.408 e. The zero-order chi connectivity index (χ0) is 20.1. The van der Waals surface area contributed by atoms with E-state index >= 15 is 0 Å². The molecule has 4 aromatic carbocycles. The van der Waals surface area contributed by atoms with E-state index in [1.165, 1.54) is 31.9 Å². The summed E-state index contributed by atoms with van der Waals surface area (Å²) in [5.41, 5.74) is 0. The molecule has 2 nitrogen and oxygen atoms in total. The van der Waals surface area contributed by atoms with Gasteiger partial charge in [-0.25, -0.2) is 0 Å². The SMILES string of the molecule is CCCO[Si](OCCC)(c1cccc2ccccc12)c1cccc2ccccc12.[Si]. The largest absolute Gasteiger partial charge is 0.408 e. The average Bonchev–Trinajstić information content (AvgIpc) is 2.79. The fourth-order valence-corrected chi connectivity index (χ4v) is 7.79. The van der Waals surface area contributed by atoms with Crippen LogP contribution in [0.25, 0.3) is 21.5 Å². The zero-order valence-electron chi connectivity index (χ0n) is 17.7. The second kappa shape index (κ2) is 10.2. The normalized spacial score (nSPS) is 11.5. The molecular formula is C26H28O2Si2. The molecule has 0 heterocycles. The van der Waals surface area contributed by atoms with Gasteiger partial charge in [0.25, 0.3) is 0 Å². The molecule has 0 fully saturated rings. The standard InChI is InChI=1S/C26H28O2Si.Si/c1-3-19-27-29(28-20-4-2,25-17-9-13-21-11-5-7-15-23(21)25)26-18-10-14-22-12-6-8-16-24(22)26;/h5-18H,3-4,19-20H2,1-2H3;. The minimum absolute atomic E-state index is 0. The van der Waals surface area contributed by atoms with Crippen LogP contribution in [0.2, 0.25) is 0 Å². The molecule has 0 amide bonds. The van der Waals surface area contributed by atoms with Crippen LogP contribution < -0.4 is 10.4 Å². The van der Waals surface area contributed by atoms with E-state index in [0.29, 0.717) is 13.2 Å². The number of rotatable bonds is 8. The van der Waals surface area contributed by atoms with Crippen molar-refractivity contribution < 1.29 is 8.85 Å². The zero-order valence-corrected chi connectivity index (χ0v) is 19.7. The smallest absolute Gasteiger partial charge is 0.388 e. The minimum atomic E-state index is -2.92.